The summed E-state index contributed by atoms with van der Waals surface area (Å²) in [5.74, 6) is -0.477. The fourth-order valence-electron chi connectivity index (χ4n) is 1.67. The van der Waals surface area contributed by atoms with Crippen LogP contribution >= 0.6 is 0 Å². The summed E-state index contributed by atoms with van der Waals surface area (Å²) in [4.78, 5) is 22.8. The normalized spacial score (nSPS) is 12.2. The van der Waals surface area contributed by atoms with Crippen LogP contribution in [-0.2, 0) is 14.8 Å². The molecule has 0 fully saturated rings. The molecule has 1 aromatic rings. The van der Waals surface area contributed by atoms with Gasteiger partial charge in [0.2, 0.25) is 15.9 Å². The van der Waals surface area contributed by atoms with Gasteiger partial charge in [0.05, 0.1) is 11.9 Å². The molecule has 0 radical (unpaired) electrons. The van der Waals surface area contributed by atoms with E-state index in [1.54, 1.807) is 32.0 Å². The van der Waals surface area contributed by atoms with Gasteiger partial charge in [0.1, 0.15) is 6.04 Å². The first kappa shape index (κ1) is 17.8. The van der Waals surface area contributed by atoms with Crippen molar-refractivity contribution in [1.82, 2.24) is 10.6 Å². The molecule has 0 aliphatic carbocycles. The zero-order chi connectivity index (χ0) is 16.9. The summed E-state index contributed by atoms with van der Waals surface area (Å²) in [6.07, 6.45) is 1.07. The lowest BCUT2D eigenvalue weighted by molar-refractivity contribution is -0.120. The lowest BCUT2D eigenvalue weighted by atomic mass is 10.1. The van der Waals surface area contributed by atoms with E-state index in [1.165, 1.54) is 7.05 Å². The number of hydrogen-bond acceptors (Lipinski definition) is 5. The van der Waals surface area contributed by atoms with Crippen LogP contribution < -0.4 is 20.7 Å². The van der Waals surface area contributed by atoms with Gasteiger partial charge in [0, 0.05) is 12.7 Å². The molecule has 1 aromatic carbocycles. The number of nitrogens with one attached hydrogen (secondary N) is 4. The van der Waals surface area contributed by atoms with E-state index in [-0.39, 0.29) is 0 Å². The quantitative estimate of drug-likeness (QED) is 0.632. The smallest absolute Gasteiger partial charge is 0.321 e. The Morgan fingerprint density at radius 1 is 1.23 bits per heavy atom. The maximum Gasteiger partial charge on any atom is 0.321 e. The van der Waals surface area contributed by atoms with Gasteiger partial charge in [-0.15, -0.1) is 0 Å². The first-order chi connectivity index (χ1) is 10.1. The predicted octanol–water partition coefficient (Wildman–Crippen LogP) is 0.623. The van der Waals surface area contributed by atoms with Gasteiger partial charge in [-0.05, 0) is 37.6 Å². The van der Waals surface area contributed by atoms with Gasteiger partial charge in [0.15, 0.2) is 0 Å². The van der Waals surface area contributed by atoms with E-state index in [1.807, 2.05) is 0 Å². The molecule has 0 spiro atoms. The minimum Gasteiger partial charge on any atom is -0.374 e. The molecule has 4 N–H and O–H groups in total. The van der Waals surface area contributed by atoms with Crippen LogP contribution in [-0.4, -0.2) is 39.7 Å². The Morgan fingerprint density at radius 2 is 1.86 bits per heavy atom. The van der Waals surface area contributed by atoms with Crippen LogP contribution in [0.3, 0.4) is 0 Å². The lowest BCUT2D eigenvalue weighted by Crippen LogP contribution is -2.44. The standard InChI is InChI=1S/C13H20N4O4S/c1-8-7-10(5-6-11(8)17-22(4,20)21)15-9(2)12(18)16-13(19)14-3/h5-7,9,15,17H,1-4H3,(H2,14,16,18,19)/t9-/m1/s1. The molecule has 8 nitrogen and oxygen atoms in total. The predicted molar refractivity (Wildman–Crippen MR) is 85.3 cm³/mol. The Morgan fingerprint density at radius 3 is 2.36 bits per heavy atom. The molecule has 0 saturated carbocycles. The van der Waals surface area contributed by atoms with Crippen LogP contribution in [0, 0.1) is 6.92 Å². The van der Waals surface area contributed by atoms with Gasteiger partial charge in [-0.2, -0.15) is 0 Å². The van der Waals surface area contributed by atoms with Crippen molar-refractivity contribution >= 4 is 33.3 Å². The van der Waals surface area contributed by atoms with Gasteiger partial charge < -0.3 is 10.6 Å². The van der Waals surface area contributed by atoms with Gasteiger partial charge in [-0.1, -0.05) is 0 Å². The van der Waals surface area contributed by atoms with Crippen molar-refractivity contribution in [2.75, 3.05) is 23.3 Å². The van der Waals surface area contributed by atoms with Crippen LogP contribution in [0.2, 0.25) is 0 Å². The maximum atomic E-state index is 11.7. The molecule has 0 bridgehead atoms. The van der Waals surface area contributed by atoms with Gasteiger partial charge >= 0.3 is 6.03 Å². The molecule has 1 rings (SSSR count). The fourth-order valence-corrected chi connectivity index (χ4v) is 2.29. The second-order valence-corrected chi connectivity index (χ2v) is 6.59. The second-order valence-electron chi connectivity index (χ2n) is 4.84. The fraction of sp³-hybridized carbons (Fsp3) is 0.385. The van der Waals surface area contributed by atoms with Crippen molar-refractivity contribution in [1.29, 1.82) is 0 Å². The molecular weight excluding hydrogens is 308 g/mol. The minimum atomic E-state index is -3.34. The summed E-state index contributed by atoms with van der Waals surface area (Å²) < 4.78 is 24.8. The van der Waals surface area contributed by atoms with E-state index in [0.717, 1.165) is 6.26 Å². The number of hydrogen-bond donors (Lipinski definition) is 4. The van der Waals surface area contributed by atoms with E-state index in [2.05, 4.69) is 20.7 Å². The second kappa shape index (κ2) is 7.12. The molecule has 1 atom stereocenters. The molecule has 0 aliphatic heterocycles. The zero-order valence-electron chi connectivity index (χ0n) is 12.9. The van der Waals surface area contributed by atoms with E-state index in [9.17, 15) is 18.0 Å². The molecular formula is C13H20N4O4S. The monoisotopic (exact) mass is 328 g/mol. The van der Waals surface area contributed by atoms with E-state index >= 15 is 0 Å². The largest absolute Gasteiger partial charge is 0.374 e. The average Bonchev–Trinajstić information content (AvgIpc) is 2.40. The Labute approximate surface area is 129 Å². The SMILES string of the molecule is CNC(=O)NC(=O)[C@@H](C)Nc1ccc(NS(C)(=O)=O)c(C)c1. The third-order valence-electron chi connectivity index (χ3n) is 2.76. The number of urea groups is 1. The number of benzene rings is 1. The molecule has 0 aliphatic rings. The summed E-state index contributed by atoms with van der Waals surface area (Å²) in [7, 11) is -1.93. The van der Waals surface area contributed by atoms with E-state index < -0.39 is 28.0 Å². The third-order valence-corrected chi connectivity index (χ3v) is 3.35. The van der Waals surface area contributed by atoms with E-state index in [4.69, 9.17) is 0 Å². The lowest BCUT2D eigenvalue weighted by Gasteiger charge is -2.16. The molecule has 0 unspecified atom stereocenters. The van der Waals surface area contributed by atoms with Crippen LogP contribution in [0.15, 0.2) is 18.2 Å². The first-order valence-corrected chi connectivity index (χ1v) is 8.39. The summed E-state index contributed by atoms with van der Waals surface area (Å²) in [6.45, 7) is 3.35. The Bertz CT molecular complexity index is 673. The Balaban J connectivity index is 2.77. The number of imide groups is 1. The first-order valence-electron chi connectivity index (χ1n) is 6.50. The average molecular weight is 328 g/mol. The number of sulfonamides is 1. The molecule has 0 aromatic heterocycles. The van der Waals surface area contributed by atoms with Crippen LogP contribution in [0.5, 0.6) is 0 Å². The highest BCUT2D eigenvalue weighted by Gasteiger charge is 2.15. The zero-order valence-corrected chi connectivity index (χ0v) is 13.7. The van der Waals surface area contributed by atoms with Crippen molar-refractivity contribution in [3.63, 3.8) is 0 Å². The number of aryl methyl sites for hydroxylation is 1. The summed E-state index contributed by atoms with van der Waals surface area (Å²) >= 11 is 0. The van der Waals surface area contributed by atoms with Gasteiger partial charge in [-0.3, -0.25) is 14.8 Å². The Kier molecular flexibility index (Phi) is 5.75. The number of carbonyl (C=O) groups excluding carboxylic acids is 2. The van der Waals surface area contributed by atoms with E-state index in [0.29, 0.717) is 16.9 Å². The number of amides is 3. The molecule has 122 valence electrons. The van der Waals surface area contributed by atoms with Crippen LogP contribution in [0.4, 0.5) is 16.2 Å². The number of carbonyl (C=O) groups is 2. The molecule has 0 heterocycles. The topological polar surface area (TPSA) is 116 Å². The molecule has 9 heteroatoms. The van der Waals surface area contributed by atoms with Crippen LogP contribution in [0.25, 0.3) is 0 Å². The highest BCUT2D eigenvalue weighted by atomic mass is 32.2. The number of rotatable bonds is 5. The molecule has 0 saturated heterocycles. The molecule has 3 amide bonds. The minimum absolute atomic E-state index is 0.468. The van der Waals surface area contributed by atoms with Crippen molar-refractivity contribution in [3.8, 4) is 0 Å². The summed E-state index contributed by atoms with van der Waals surface area (Å²) in [6, 6.07) is 3.73. The summed E-state index contributed by atoms with van der Waals surface area (Å²) in [5, 5.41) is 7.39. The maximum absolute atomic E-state index is 11.7. The molecule has 22 heavy (non-hydrogen) atoms. The summed E-state index contributed by atoms with van der Waals surface area (Å²) in [5.41, 5.74) is 1.81. The van der Waals surface area contributed by atoms with Crippen molar-refractivity contribution in [2.45, 2.75) is 19.9 Å². The highest BCUT2D eigenvalue weighted by Crippen LogP contribution is 2.21. The van der Waals surface area contributed by atoms with Crippen LogP contribution in [0.1, 0.15) is 12.5 Å². The van der Waals surface area contributed by atoms with Crippen molar-refractivity contribution in [2.24, 2.45) is 0 Å². The highest BCUT2D eigenvalue weighted by molar-refractivity contribution is 7.92. The third kappa shape index (κ3) is 5.60. The van der Waals surface area contributed by atoms with Crippen molar-refractivity contribution < 1.29 is 18.0 Å². The van der Waals surface area contributed by atoms with Crippen molar-refractivity contribution in [3.05, 3.63) is 23.8 Å². The number of anilines is 2. The van der Waals surface area contributed by atoms with Gasteiger partial charge in [-0.25, -0.2) is 13.2 Å². The Hall–Kier alpha value is -2.29. The van der Waals surface area contributed by atoms with Gasteiger partial charge in [0.25, 0.3) is 0 Å².